The first-order valence-electron chi connectivity index (χ1n) is 5.66. The van der Waals surface area contributed by atoms with Crippen LogP contribution in [0.15, 0.2) is 36.4 Å². The molecule has 0 spiro atoms. The number of carbonyl (C=O) groups excluding carboxylic acids is 1. The Labute approximate surface area is 124 Å². The van der Waals surface area contributed by atoms with Crippen LogP contribution in [0.2, 0.25) is 5.02 Å². The molecule has 0 radical (unpaired) electrons. The number of ether oxygens (including phenoxy) is 1. The molecule has 0 N–H and O–H groups in total. The molecule has 2 rings (SSSR count). The summed E-state index contributed by atoms with van der Waals surface area (Å²) < 4.78 is 5.45. The van der Waals surface area contributed by atoms with Crippen LogP contribution < -0.4 is 4.74 Å². The van der Waals surface area contributed by atoms with E-state index in [0.717, 1.165) is 6.07 Å². The van der Waals surface area contributed by atoms with Crippen LogP contribution in [-0.2, 0) is 0 Å². The molecule has 0 unspecified atom stereocenters. The summed E-state index contributed by atoms with van der Waals surface area (Å²) in [5.41, 5.74) is 0.267. The minimum Gasteiger partial charge on any atom is -0.454 e. The molecule has 0 saturated carbocycles. The van der Waals surface area contributed by atoms with Gasteiger partial charge >= 0.3 is 0 Å². The molecule has 0 aliphatic carbocycles. The predicted octanol–water partition coefficient (Wildman–Crippen LogP) is 3.72. The van der Waals surface area contributed by atoms with Gasteiger partial charge in [0.15, 0.2) is 5.75 Å². The fraction of sp³-hybridized carbons (Fsp3) is 0. The second kappa shape index (κ2) is 6.03. The van der Waals surface area contributed by atoms with E-state index in [-0.39, 0.29) is 27.8 Å². The summed E-state index contributed by atoms with van der Waals surface area (Å²) in [6.07, 6.45) is 0.602. The van der Waals surface area contributed by atoms with Crippen LogP contribution in [0.1, 0.15) is 15.9 Å². The molecule has 0 fully saturated rings. The number of hydrogen-bond donors (Lipinski definition) is 0. The van der Waals surface area contributed by atoms with Crippen LogP contribution in [0.25, 0.3) is 0 Å². The van der Waals surface area contributed by atoms with E-state index in [1.54, 1.807) is 0 Å². The maximum Gasteiger partial charge on any atom is 0.273 e. The molecule has 0 aliphatic rings. The monoisotopic (exact) mass is 302 g/mol. The zero-order chi connectivity index (χ0) is 15.4. The van der Waals surface area contributed by atoms with Gasteiger partial charge in [0, 0.05) is 11.6 Å². The van der Waals surface area contributed by atoms with Crippen molar-refractivity contribution in [2.45, 2.75) is 0 Å². The van der Waals surface area contributed by atoms with E-state index >= 15 is 0 Å². The van der Waals surface area contributed by atoms with Gasteiger partial charge in [-0.05, 0) is 24.3 Å². The molecule has 0 amide bonds. The van der Waals surface area contributed by atoms with Gasteiger partial charge in [0.1, 0.15) is 18.1 Å². The predicted molar refractivity (Wildman–Crippen MR) is 74.7 cm³/mol. The third-order valence-corrected chi connectivity index (χ3v) is 2.92. The molecule has 6 nitrogen and oxygen atoms in total. The highest BCUT2D eigenvalue weighted by Crippen LogP contribution is 2.34. The number of halogens is 1. The normalized spacial score (nSPS) is 9.71. The van der Waals surface area contributed by atoms with E-state index in [1.165, 1.54) is 30.3 Å². The van der Waals surface area contributed by atoms with Crippen molar-refractivity contribution in [3.8, 4) is 17.6 Å². The van der Waals surface area contributed by atoms with Crippen LogP contribution in [-0.4, -0.2) is 11.2 Å². The van der Waals surface area contributed by atoms with E-state index in [9.17, 15) is 14.9 Å². The third kappa shape index (κ3) is 3.16. The SMILES string of the molecule is N#Cc1cc(C=O)ccc1Oc1cc([N+](=O)[O-])ccc1Cl. The second-order valence-electron chi connectivity index (χ2n) is 3.96. The number of aldehydes is 1. The fourth-order valence-corrected chi connectivity index (χ4v) is 1.76. The van der Waals surface area contributed by atoms with Crippen molar-refractivity contribution >= 4 is 23.6 Å². The number of nitro groups is 1. The fourth-order valence-electron chi connectivity index (χ4n) is 1.60. The van der Waals surface area contributed by atoms with E-state index < -0.39 is 4.92 Å². The maximum atomic E-state index is 10.7. The standard InChI is InChI=1S/C14H7ClN2O4/c15-12-3-2-11(17(19)20)6-14(12)21-13-4-1-9(8-18)5-10(13)7-16/h1-6,8H. The first kappa shape index (κ1) is 14.5. The summed E-state index contributed by atoms with van der Waals surface area (Å²) in [6.45, 7) is 0. The number of nitrogens with zero attached hydrogens (tertiary/aromatic N) is 2. The lowest BCUT2D eigenvalue weighted by molar-refractivity contribution is -0.384. The minimum atomic E-state index is -0.579. The van der Waals surface area contributed by atoms with Crippen LogP contribution in [0.4, 0.5) is 5.69 Å². The summed E-state index contributed by atoms with van der Waals surface area (Å²) in [5.74, 6) is 0.215. The van der Waals surface area contributed by atoms with Crippen LogP contribution in [0.3, 0.4) is 0 Å². The Morgan fingerprint density at radius 2 is 2.00 bits per heavy atom. The van der Waals surface area contributed by atoms with Crippen molar-refractivity contribution in [1.82, 2.24) is 0 Å². The number of benzene rings is 2. The van der Waals surface area contributed by atoms with Crippen LogP contribution >= 0.6 is 11.6 Å². The highest BCUT2D eigenvalue weighted by atomic mass is 35.5. The summed E-state index contributed by atoms with van der Waals surface area (Å²) >= 11 is 5.92. The van der Waals surface area contributed by atoms with E-state index in [1.807, 2.05) is 6.07 Å². The average molecular weight is 303 g/mol. The Balaban J connectivity index is 2.43. The van der Waals surface area contributed by atoms with Crippen LogP contribution in [0.5, 0.6) is 11.5 Å². The zero-order valence-corrected chi connectivity index (χ0v) is 11.2. The van der Waals surface area contributed by atoms with E-state index in [0.29, 0.717) is 11.8 Å². The Bertz CT molecular complexity index is 768. The smallest absolute Gasteiger partial charge is 0.273 e. The van der Waals surface area contributed by atoms with Gasteiger partial charge in [-0.3, -0.25) is 14.9 Å². The van der Waals surface area contributed by atoms with E-state index in [4.69, 9.17) is 21.6 Å². The van der Waals surface area contributed by atoms with Gasteiger partial charge in [-0.1, -0.05) is 11.6 Å². The first-order valence-corrected chi connectivity index (χ1v) is 6.04. The Hall–Kier alpha value is -2.91. The number of carbonyl (C=O) groups is 1. The van der Waals surface area contributed by atoms with Gasteiger partial charge in [-0.15, -0.1) is 0 Å². The molecule has 2 aromatic carbocycles. The molecule has 0 aliphatic heterocycles. The number of nitriles is 1. The van der Waals surface area contributed by atoms with Gasteiger partial charge in [0.2, 0.25) is 0 Å². The first-order chi connectivity index (χ1) is 10.0. The molecule has 0 aromatic heterocycles. The Morgan fingerprint density at radius 1 is 1.24 bits per heavy atom. The second-order valence-corrected chi connectivity index (χ2v) is 4.37. The quantitative estimate of drug-likeness (QED) is 0.487. The molecule has 0 atom stereocenters. The molecule has 21 heavy (non-hydrogen) atoms. The lowest BCUT2D eigenvalue weighted by atomic mass is 10.1. The minimum absolute atomic E-state index is 0.0567. The number of nitro benzene ring substituents is 1. The summed E-state index contributed by atoms with van der Waals surface area (Å²) in [7, 11) is 0. The molecule has 0 saturated heterocycles. The van der Waals surface area contributed by atoms with Crippen molar-refractivity contribution in [3.05, 3.63) is 62.7 Å². The molecule has 104 valence electrons. The van der Waals surface area contributed by atoms with Gasteiger partial charge in [0.25, 0.3) is 5.69 Å². The topological polar surface area (TPSA) is 93.2 Å². The average Bonchev–Trinajstić information content (AvgIpc) is 2.49. The Kier molecular flexibility index (Phi) is 4.16. The number of hydrogen-bond acceptors (Lipinski definition) is 5. The van der Waals surface area contributed by atoms with Crippen molar-refractivity contribution < 1.29 is 14.5 Å². The third-order valence-electron chi connectivity index (χ3n) is 2.61. The lowest BCUT2D eigenvalue weighted by Crippen LogP contribution is -1.93. The van der Waals surface area contributed by atoms with Crippen molar-refractivity contribution in [2.75, 3.05) is 0 Å². The molecule has 2 aromatic rings. The number of non-ortho nitro benzene ring substituents is 1. The molecular formula is C14H7ClN2O4. The van der Waals surface area contributed by atoms with Crippen molar-refractivity contribution in [3.63, 3.8) is 0 Å². The van der Waals surface area contributed by atoms with Gasteiger partial charge in [-0.2, -0.15) is 5.26 Å². The Morgan fingerprint density at radius 3 is 2.62 bits per heavy atom. The number of rotatable bonds is 4. The van der Waals surface area contributed by atoms with Crippen molar-refractivity contribution in [2.24, 2.45) is 0 Å². The molecule has 0 heterocycles. The van der Waals surface area contributed by atoms with Gasteiger partial charge in [0.05, 0.1) is 21.6 Å². The molecular weight excluding hydrogens is 296 g/mol. The zero-order valence-electron chi connectivity index (χ0n) is 10.4. The largest absolute Gasteiger partial charge is 0.454 e. The van der Waals surface area contributed by atoms with E-state index in [2.05, 4.69) is 0 Å². The van der Waals surface area contributed by atoms with Crippen molar-refractivity contribution in [1.29, 1.82) is 5.26 Å². The van der Waals surface area contributed by atoms with Crippen LogP contribution in [0, 0.1) is 21.4 Å². The lowest BCUT2D eigenvalue weighted by Gasteiger charge is -2.09. The molecule has 0 bridgehead atoms. The van der Waals surface area contributed by atoms with Gasteiger partial charge in [-0.25, -0.2) is 0 Å². The molecule has 7 heteroatoms. The maximum absolute atomic E-state index is 10.7. The van der Waals surface area contributed by atoms with Gasteiger partial charge < -0.3 is 4.74 Å². The summed E-state index contributed by atoms with van der Waals surface area (Å²) in [4.78, 5) is 20.8. The summed E-state index contributed by atoms with van der Waals surface area (Å²) in [5, 5.41) is 20.0. The highest BCUT2D eigenvalue weighted by molar-refractivity contribution is 6.32. The highest BCUT2D eigenvalue weighted by Gasteiger charge is 2.13. The summed E-state index contributed by atoms with van der Waals surface area (Å²) in [6, 6.07) is 9.88.